The number of aliphatic imine (C=N–C) groups is 1. The van der Waals surface area contributed by atoms with Gasteiger partial charge >= 0.3 is 5.97 Å². The number of fused-ring (bicyclic) bond motifs is 4. The zero-order chi connectivity index (χ0) is 38.8. The Morgan fingerprint density at radius 3 is 2.73 bits per heavy atom. The van der Waals surface area contributed by atoms with E-state index in [1.54, 1.807) is 21.6 Å². The van der Waals surface area contributed by atoms with Crippen LogP contribution in [0.2, 0.25) is 0 Å². The van der Waals surface area contributed by atoms with Crippen molar-refractivity contribution in [1.29, 1.82) is 0 Å². The Morgan fingerprint density at radius 1 is 1.14 bits per heavy atom. The van der Waals surface area contributed by atoms with Crippen molar-refractivity contribution in [2.24, 2.45) is 10.9 Å². The maximum absolute atomic E-state index is 16.3. The van der Waals surface area contributed by atoms with Gasteiger partial charge in [-0.05, 0) is 43.7 Å². The van der Waals surface area contributed by atoms with E-state index in [2.05, 4.69) is 24.8 Å². The van der Waals surface area contributed by atoms with Crippen molar-refractivity contribution >= 4 is 57.0 Å². The van der Waals surface area contributed by atoms with Crippen LogP contribution in [0.15, 0.2) is 57.4 Å². The van der Waals surface area contributed by atoms with Crippen LogP contribution in [0.25, 0.3) is 22.1 Å². The van der Waals surface area contributed by atoms with Gasteiger partial charge < -0.3 is 29.2 Å². The predicted octanol–water partition coefficient (Wildman–Crippen LogP) is 2.61. The molecule has 2 saturated heterocycles. The zero-order valence-electron chi connectivity index (χ0n) is 30.4. The summed E-state index contributed by atoms with van der Waals surface area (Å²) in [6, 6.07) is 8.34. The Bertz CT molecular complexity index is 2580. The van der Waals surface area contributed by atoms with Crippen molar-refractivity contribution in [2.75, 3.05) is 56.4 Å². The maximum atomic E-state index is 16.3. The molecule has 9 rings (SSSR count). The van der Waals surface area contributed by atoms with E-state index in [1.807, 2.05) is 17.0 Å². The number of nitrogens with zero attached hydrogens (tertiary/aromatic N) is 8. The molecule has 3 N–H and O–H groups in total. The number of imidazole rings is 1. The number of aliphatic hydroxyl groups is 1. The number of amides is 1. The summed E-state index contributed by atoms with van der Waals surface area (Å²) in [4.78, 5) is 74.0. The average molecular weight is 768 g/mol. The summed E-state index contributed by atoms with van der Waals surface area (Å²) in [6.45, 7) is 1.79. The molecule has 56 heavy (non-hydrogen) atoms. The normalized spacial score (nSPS) is 20.4. The van der Waals surface area contributed by atoms with E-state index in [0.29, 0.717) is 36.4 Å². The second kappa shape index (κ2) is 13.9. The number of aromatic carboxylic acids is 1. The number of carbonyl (C=O) groups excluding carboxylic acids is 1. The lowest BCUT2D eigenvalue weighted by atomic mass is 9.92. The van der Waals surface area contributed by atoms with Gasteiger partial charge in [0.25, 0.3) is 11.5 Å². The molecule has 3 aromatic heterocycles. The maximum Gasteiger partial charge on any atom is 0.341 e. The molecule has 6 heterocycles. The van der Waals surface area contributed by atoms with Crippen LogP contribution < -0.4 is 25.5 Å². The van der Waals surface area contributed by atoms with Crippen LogP contribution in [0, 0.1) is 11.7 Å². The van der Waals surface area contributed by atoms with Gasteiger partial charge in [-0.3, -0.25) is 33.7 Å². The van der Waals surface area contributed by atoms with Crippen LogP contribution in [0.4, 0.5) is 21.7 Å². The molecule has 2 aromatic carbocycles. The van der Waals surface area contributed by atoms with Crippen molar-refractivity contribution in [3.63, 3.8) is 0 Å². The molecular formula is C38H38FN9O8. The van der Waals surface area contributed by atoms with E-state index in [4.69, 9.17) is 14.6 Å². The van der Waals surface area contributed by atoms with Crippen LogP contribution >= 0.6 is 0 Å². The second-order valence-electron chi connectivity index (χ2n) is 14.5. The van der Waals surface area contributed by atoms with E-state index >= 15 is 4.39 Å². The van der Waals surface area contributed by atoms with Crippen LogP contribution in [0.5, 0.6) is 5.75 Å². The van der Waals surface area contributed by atoms with Crippen LogP contribution in [-0.4, -0.2) is 109 Å². The summed E-state index contributed by atoms with van der Waals surface area (Å²) in [6.07, 6.45) is 6.11. The van der Waals surface area contributed by atoms with Crippen LogP contribution in [0.1, 0.15) is 47.6 Å². The van der Waals surface area contributed by atoms with Gasteiger partial charge in [-0.1, -0.05) is 18.2 Å². The molecule has 1 aliphatic carbocycles. The number of para-hydroxylation sites is 1. The number of ether oxygens (including phenoxy) is 2. The topological polar surface area (TPSA) is 201 Å². The molecule has 17 nitrogen and oxygen atoms in total. The van der Waals surface area contributed by atoms with Crippen molar-refractivity contribution in [3.8, 4) is 5.75 Å². The SMILES string of the molecule is COc1c(N2CC3CCCN(CN4C(=O)C(=Nc5nc6c(ncn6COCCO)c(=O)[nH]5)c5ccccc54)C3C2)c(F)cc2c(=O)c(C(=O)O)cn(C3CC3)c12. The highest BCUT2D eigenvalue weighted by Crippen LogP contribution is 2.46. The minimum atomic E-state index is -1.37. The number of anilines is 2. The summed E-state index contributed by atoms with van der Waals surface area (Å²) < 4.78 is 30.8. The third-order valence-corrected chi connectivity index (χ3v) is 11.2. The molecular weight excluding hydrogens is 729 g/mol. The summed E-state index contributed by atoms with van der Waals surface area (Å²) in [5, 5.41) is 18.8. The van der Waals surface area contributed by atoms with Gasteiger partial charge in [-0.15, -0.1) is 0 Å². The van der Waals surface area contributed by atoms with Gasteiger partial charge in [0, 0.05) is 43.5 Å². The van der Waals surface area contributed by atoms with Crippen LogP contribution in [0.3, 0.4) is 0 Å². The molecule has 2 unspecified atom stereocenters. The lowest BCUT2D eigenvalue weighted by molar-refractivity contribution is -0.112. The number of H-pyrrole nitrogens is 1. The van der Waals surface area contributed by atoms with E-state index in [9.17, 15) is 24.3 Å². The molecule has 5 aromatic rings. The number of piperidine rings is 1. The Labute approximate surface area is 317 Å². The number of aromatic nitrogens is 5. The molecule has 3 aliphatic heterocycles. The number of nitrogens with one attached hydrogen (secondary N) is 1. The Kier molecular flexibility index (Phi) is 8.89. The lowest BCUT2D eigenvalue weighted by Gasteiger charge is -2.38. The number of carbonyl (C=O) groups is 2. The second-order valence-corrected chi connectivity index (χ2v) is 14.5. The highest BCUT2D eigenvalue weighted by Gasteiger charge is 2.44. The van der Waals surface area contributed by atoms with Crippen molar-refractivity contribution in [3.05, 3.63) is 80.4 Å². The minimum Gasteiger partial charge on any atom is -0.492 e. The van der Waals surface area contributed by atoms with Crippen molar-refractivity contribution in [2.45, 2.75) is 44.5 Å². The van der Waals surface area contributed by atoms with E-state index < -0.39 is 28.3 Å². The number of hydrogen-bond acceptors (Lipinski definition) is 12. The number of aromatic amines is 1. The standard InChI is InChI=1S/C38H38FN9O8/c1-55-33-30-23(32(50)24(37(53)54)15-47(30)21-8-9-21)13-25(39)31(33)45-14-20-5-4-10-44(27(20)16-45)18-48-26-7-3-2-6-22(26)28(36(48)52)41-38-42-34-29(35(51)43-38)40-17-46(34)19-56-12-11-49/h2-3,6-7,13,15,17,20-21,27,49H,4-5,8-12,14,16,18-19H2,1H3,(H,53,54)(H,42,43,51). The summed E-state index contributed by atoms with van der Waals surface area (Å²) in [7, 11) is 1.43. The molecule has 290 valence electrons. The summed E-state index contributed by atoms with van der Waals surface area (Å²) in [5.74, 6) is -2.15. The van der Waals surface area contributed by atoms with Gasteiger partial charge in [-0.25, -0.2) is 19.2 Å². The number of carboxylic acid groups (broad SMARTS) is 1. The quantitative estimate of drug-likeness (QED) is 0.166. The van der Waals surface area contributed by atoms with Gasteiger partial charge in [0.1, 0.15) is 23.7 Å². The van der Waals surface area contributed by atoms with Gasteiger partial charge in [-0.2, -0.15) is 4.98 Å². The fraction of sp³-hybridized carbons (Fsp3) is 0.395. The number of benzene rings is 2. The third-order valence-electron chi connectivity index (χ3n) is 11.2. The lowest BCUT2D eigenvalue weighted by Crippen LogP contribution is -2.51. The first-order chi connectivity index (χ1) is 27.2. The number of methoxy groups -OCH3 is 1. The third kappa shape index (κ3) is 5.91. The van der Waals surface area contributed by atoms with E-state index in [1.165, 1.54) is 24.2 Å². The monoisotopic (exact) mass is 767 g/mol. The average Bonchev–Trinajstić information content (AvgIpc) is 3.72. The number of rotatable bonds is 11. The number of pyridine rings is 1. The fourth-order valence-electron chi connectivity index (χ4n) is 8.47. The molecule has 2 atom stereocenters. The molecule has 18 heteroatoms. The molecule has 3 fully saturated rings. The van der Waals surface area contributed by atoms with Crippen LogP contribution in [-0.2, 0) is 16.3 Å². The number of aliphatic hydroxyl groups excluding tert-OH is 1. The molecule has 1 saturated carbocycles. The molecule has 0 bridgehead atoms. The summed E-state index contributed by atoms with van der Waals surface area (Å²) >= 11 is 0. The summed E-state index contributed by atoms with van der Waals surface area (Å²) in [5.41, 5.74) is 0.551. The number of halogens is 1. The highest BCUT2D eigenvalue weighted by atomic mass is 19.1. The molecule has 1 amide bonds. The Morgan fingerprint density at radius 2 is 1.96 bits per heavy atom. The first kappa shape index (κ1) is 35.7. The molecule has 0 spiro atoms. The fourth-order valence-corrected chi connectivity index (χ4v) is 8.47. The number of likely N-dealkylation sites (tertiary alicyclic amines) is 1. The van der Waals surface area contributed by atoms with Gasteiger partial charge in [0.15, 0.2) is 22.7 Å². The predicted molar refractivity (Wildman–Crippen MR) is 202 cm³/mol. The van der Waals surface area contributed by atoms with Crippen molar-refractivity contribution < 1.29 is 33.7 Å². The largest absolute Gasteiger partial charge is 0.492 e. The Balaban J connectivity index is 1.02. The smallest absolute Gasteiger partial charge is 0.341 e. The number of hydrogen-bond donors (Lipinski definition) is 3. The van der Waals surface area contributed by atoms with E-state index in [-0.39, 0.29) is 90.2 Å². The van der Waals surface area contributed by atoms with Crippen molar-refractivity contribution in [1.82, 2.24) is 29.0 Å². The first-order valence-corrected chi connectivity index (χ1v) is 18.5. The number of carboxylic acids is 1. The minimum absolute atomic E-state index is 0.00391. The highest BCUT2D eigenvalue weighted by molar-refractivity contribution is 6.54. The van der Waals surface area contributed by atoms with E-state index in [0.717, 1.165) is 31.7 Å². The van der Waals surface area contributed by atoms with Gasteiger partial charge in [0.05, 0.1) is 49.9 Å². The van der Waals surface area contributed by atoms with Gasteiger partial charge in [0.2, 0.25) is 11.4 Å². The zero-order valence-corrected chi connectivity index (χ0v) is 30.4. The molecule has 4 aliphatic rings. The first-order valence-electron chi connectivity index (χ1n) is 18.5. The Hall–Kier alpha value is -5.98. The molecule has 0 radical (unpaired) electrons.